The standard InChI is InChI=1S/C15H25NO6S/c1-15(5-2-3-6-15)22-14(18)12-21-13(17)4-7-16-8-10-23(19,20)11-9-16/h2-12H2,1H3. The Kier molecular flexibility index (Phi) is 6.02. The molecule has 0 aromatic rings. The first-order valence-corrected chi connectivity index (χ1v) is 9.90. The van der Waals surface area contributed by atoms with Crippen LogP contribution in [0.25, 0.3) is 0 Å². The molecule has 1 aliphatic heterocycles. The van der Waals surface area contributed by atoms with Crippen LogP contribution < -0.4 is 0 Å². The van der Waals surface area contributed by atoms with E-state index in [1.165, 1.54) is 0 Å². The third-order valence-electron chi connectivity index (χ3n) is 4.44. The summed E-state index contributed by atoms with van der Waals surface area (Å²) in [5, 5.41) is 0. The van der Waals surface area contributed by atoms with Gasteiger partial charge in [-0.1, -0.05) is 0 Å². The fraction of sp³-hybridized carbons (Fsp3) is 0.867. The Bertz CT molecular complexity index is 524. The van der Waals surface area contributed by atoms with E-state index in [0.29, 0.717) is 19.6 Å². The molecule has 2 rings (SSSR count). The summed E-state index contributed by atoms with van der Waals surface area (Å²) in [6.45, 7) is 2.88. The molecule has 0 atom stereocenters. The van der Waals surface area contributed by atoms with Gasteiger partial charge in [-0.2, -0.15) is 0 Å². The molecule has 0 unspecified atom stereocenters. The average molecular weight is 347 g/mol. The van der Waals surface area contributed by atoms with E-state index in [1.54, 1.807) is 0 Å². The Balaban J connectivity index is 1.60. The lowest BCUT2D eigenvalue weighted by molar-refractivity contribution is -0.168. The van der Waals surface area contributed by atoms with Crippen LogP contribution in [0.4, 0.5) is 0 Å². The minimum Gasteiger partial charge on any atom is -0.457 e. The highest BCUT2D eigenvalue weighted by atomic mass is 32.2. The van der Waals surface area contributed by atoms with Crippen LogP contribution in [-0.4, -0.2) is 68.6 Å². The van der Waals surface area contributed by atoms with Gasteiger partial charge in [0.25, 0.3) is 0 Å². The number of hydrogen-bond acceptors (Lipinski definition) is 7. The molecular formula is C15H25NO6S. The zero-order valence-electron chi connectivity index (χ0n) is 13.6. The second kappa shape index (κ2) is 7.61. The summed E-state index contributed by atoms with van der Waals surface area (Å²) >= 11 is 0. The van der Waals surface area contributed by atoms with Gasteiger partial charge >= 0.3 is 11.9 Å². The van der Waals surface area contributed by atoms with Gasteiger partial charge in [0.15, 0.2) is 16.4 Å². The summed E-state index contributed by atoms with van der Waals surface area (Å²) in [7, 11) is -2.91. The molecule has 0 aromatic carbocycles. The van der Waals surface area contributed by atoms with Crippen LogP contribution in [0.5, 0.6) is 0 Å². The van der Waals surface area contributed by atoms with Crippen LogP contribution in [0.2, 0.25) is 0 Å². The van der Waals surface area contributed by atoms with Gasteiger partial charge in [0.2, 0.25) is 0 Å². The lowest BCUT2D eigenvalue weighted by Crippen LogP contribution is -2.41. The molecule has 8 heteroatoms. The van der Waals surface area contributed by atoms with Gasteiger partial charge < -0.3 is 14.4 Å². The van der Waals surface area contributed by atoms with Crippen molar-refractivity contribution < 1.29 is 27.5 Å². The molecule has 0 aromatic heterocycles. The third-order valence-corrected chi connectivity index (χ3v) is 6.05. The monoisotopic (exact) mass is 347 g/mol. The Hall–Kier alpha value is -1.15. The summed E-state index contributed by atoms with van der Waals surface area (Å²) < 4.78 is 32.9. The highest BCUT2D eigenvalue weighted by Gasteiger charge is 2.32. The van der Waals surface area contributed by atoms with E-state index in [-0.39, 0.29) is 24.5 Å². The highest BCUT2D eigenvalue weighted by Crippen LogP contribution is 2.32. The number of rotatable bonds is 6. The van der Waals surface area contributed by atoms with E-state index in [0.717, 1.165) is 25.7 Å². The van der Waals surface area contributed by atoms with Crippen LogP contribution in [0.1, 0.15) is 39.0 Å². The Morgan fingerprint density at radius 1 is 1.09 bits per heavy atom. The first kappa shape index (κ1) is 18.2. The van der Waals surface area contributed by atoms with Crippen molar-refractivity contribution in [2.75, 3.05) is 37.7 Å². The van der Waals surface area contributed by atoms with Gasteiger partial charge in [-0.25, -0.2) is 13.2 Å². The largest absolute Gasteiger partial charge is 0.457 e. The zero-order chi connectivity index (χ0) is 16.9. The molecule has 2 aliphatic rings. The van der Waals surface area contributed by atoms with E-state index in [2.05, 4.69) is 0 Å². The maximum Gasteiger partial charge on any atom is 0.344 e. The molecule has 1 saturated carbocycles. The van der Waals surface area contributed by atoms with Crippen molar-refractivity contribution >= 4 is 21.8 Å². The number of ether oxygens (including phenoxy) is 2. The summed E-state index contributed by atoms with van der Waals surface area (Å²) in [6, 6.07) is 0. The fourth-order valence-electron chi connectivity index (χ4n) is 2.96. The maximum atomic E-state index is 11.7. The minimum atomic E-state index is -2.91. The summed E-state index contributed by atoms with van der Waals surface area (Å²) in [5.41, 5.74) is -0.414. The maximum absolute atomic E-state index is 11.7. The second-order valence-electron chi connectivity index (χ2n) is 6.54. The van der Waals surface area contributed by atoms with Crippen molar-refractivity contribution in [3.8, 4) is 0 Å². The topological polar surface area (TPSA) is 90.0 Å². The number of esters is 2. The van der Waals surface area contributed by atoms with Crippen molar-refractivity contribution in [1.29, 1.82) is 0 Å². The molecule has 0 spiro atoms. The van der Waals surface area contributed by atoms with E-state index < -0.39 is 27.4 Å². The van der Waals surface area contributed by atoms with Gasteiger partial charge in [0.05, 0.1) is 17.9 Å². The van der Waals surface area contributed by atoms with Gasteiger partial charge in [-0.05, 0) is 32.6 Å². The fourth-order valence-corrected chi connectivity index (χ4v) is 4.24. The summed E-state index contributed by atoms with van der Waals surface area (Å²) in [4.78, 5) is 25.3. The van der Waals surface area contributed by atoms with Crippen LogP contribution in [0.3, 0.4) is 0 Å². The molecule has 132 valence electrons. The third kappa shape index (κ3) is 6.10. The quantitative estimate of drug-likeness (QED) is 0.647. The normalized spacial score (nSPS) is 23.3. The molecular weight excluding hydrogens is 322 g/mol. The van der Waals surface area contributed by atoms with E-state index in [4.69, 9.17) is 9.47 Å². The number of sulfone groups is 1. The van der Waals surface area contributed by atoms with Crippen molar-refractivity contribution in [2.24, 2.45) is 0 Å². The van der Waals surface area contributed by atoms with Crippen molar-refractivity contribution in [3.05, 3.63) is 0 Å². The molecule has 0 bridgehead atoms. The summed E-state index contributed by atoms with van der Waals surface area (Å²) in [5.74, 6) is -0.710. The van der Waals surface area contributed by atoms with E-state index in [1.807, 2.05) is 11.8 Å². The van der Waals surface area contributed by atoms with Gasteiger partial charge in [0, 0.05) is 19.6 Å². The molecule has 0 N–H and O–H groups in total. The summed E-state index contributed by atoms with van der Waals surface area (Å²) in [6.07, 6.45) is 3.95. The zero-order valence-corrected chi connectivity index (χ0v) is 14.4. The van der Waals surface area contributed by atoms with Crippen molar-refractivity contribution in [3.63, 3.8) is 0 Å². The molecule has 1 saturated heterocycles. The number of carbonyl (C=O) groups excluding carboxylic acids is 2. The second-order valence-corrected chi connectivity index (χ2v) is 8.84. The lowest BCUT2D eigenvalue weighted by Gasteiger charge is -2.26. The van der Waals surface area contributed by atoms with Crippen LogP contribution in [0.15, 0.2) is 0 Å². The van der Waals surface area contributed by atoms with Gasteiger partial charge in [0.1, 0.15) is 5.60 Å². The highest BCUT2D eigenvalue weighted by molar-refractivity contribution is 7.91. The Morgan fingerprint density at radius 2 is 1.70 bits per heavy atom. The van der Waals surface area contributed by atoms with Crippen LogP contribution >= 0.6 is 0 Å². The van der Waals surface area contributed by atoms with Crippen LogP contribution in [-0.2, 0) is 28.9 Å². The molecule has 2 fully saturated rings. The molecule has 23 heavy (non-hydrogen) atoms. The van der Waals surface area contributed by atoms with Crippen molar-refractivity contribution in [1.82, 2.24) is 4.90 Å². The predicted molar refractivity (Wildman–Crippen MR) is 83.6 cm³/mol. The van der Waals surface area contributed by atoms with Gasteiger partial charge in [-0.15, -0.1) is 0 Å². The SMILES string of the molecule is CC1(OC(=O)COC(=O)CCN2CCS(=O)(=O)CC2)CCCC1. The number of hydrogen-bond donors (Lipinski definition) is 0. The van der Waals surface area contributed by atoms with Gasteiger partial charge in [-0.3, -0.25) is 4.79 Å². The Labute approximate surface area is 137 Å². The number of carbonyl (C=O) groups is 2. The van der Waals surface area contributed by atoms with Crippen LogP contribution in [0, 0.1) is 0 Å². The smallest absolute Gasteiger partial charge is 0.344 e. The molecule has 0 radical (unpaired) electrons. The molecule has 1 aliphatic carbocycles. The molecule has 1 heterocycles. The Morgan fingerprint density at radius 3 is 2.30 bits per heavy atom. The first-order valence-electron chi connectivity index (χ1n) is 8.08. The average Bonchev–Trinajstić information content (AvgIpc) is 2.90. The number of nitrogens with zero attached hydrogens (tertiary/aromatic N) is 1. The minimum absolute atomic E-state index is 0.132. The van der Waals surface area contributed by atoms with Crippen molar-refractivity contribution in [2.45, 2.75) is 44.6 Å². The van der Waals surface area contributed by atoms with E-state index >= 15 is 0 Å². The lowest BCUT2D eigenvalue weighted by atomic mass is 10.1. The first-order chi connectivity index (χ1) is 10.8. The molecule has 7 nitrogen and oxygen atoms in total. The molecule has 0 amide bonds. The van der Waals surface area contributed by atoms with E-state index in [9.17, 15) is 18.0 Å². The predicted octanol–water partition coefficient (Wildman–Crippen LogP) is 0.526.